The van der Waals surface area contributed by atoms with Gasteiger partial charge in [0, 0.05) is 5.69 Å². The van der Waals surface area contributed by atoms with Crippen molar-refractivity contribution in [2.45, 2.75) is 6.42 Å². The lowest BCUT2D eigenvalue weighted by atomic mass is 10.1. The molecule has 0 unspecified atom stereocenters. The van der Waals surface area contributed by atoms with Crippen LogP contribution in [-0.4, -0.2) is 5.91 Å². The zero-order valence-electron chi connectivity index (χ0n) is 10.3. The number of nitrogens with one attached hydrogen (secondary N) is 2. The number of fused-ring (bicyclic) bond motifs is 1. The molecule has 1 aliphatic rings. The fraction of sp³-hybridized carbons (Fsp3) is 0.0714. The molecule has 4 nitrogen and oxygen atoms in total. The highest BCUT2D eigenvalue weighted by Gasteiger charge is 2.19. The number of benzene rings is 2. The van der Waals surface area contributed by atoms with Crippen LogP contribution >= 0.6 is 23.2 Å². The molecule has 20 heavy (non-hydrogen) atoms. The van der Waals surface area contributed by atoms with E-state index in [9.17, 15) is 4.79 Å². The summed E-state index contributed by atoms with van der Waals surface area (Å²) in [6, 6.07) is 8.89. The Balaban J connectivity index is 1.98. The molecule has 0 fully saturated rings. The molecule has 6 heteroatoms. The molecule has 0 aromatic heterocycles. The van der Waals surface area contributed by atoms with Gasteiger partial charge in [0.15, 0.2) is 0 Å². The van der Waals surface area contributed by atoms with Crippen molar-refractivity contribution >= 4 is 51.9 Å². The number of halogens is 2. The second kappa shape index (κ2) is 4.89. The number of rotatable bonds is 2. The molecule has 2 aromatic carbocycles. The molecule has 0 radical (unpaired) electrons. The first-order valence-electron chi connectivity index (χ1n) is 5.98. The van der Waals surface area contributed by atoms with Crippen molar-refractivity contribution in [2.75, 3.05) is 16.4 Å². The van der Waals surface area contributed by atoms with E-state index < -0.39 is 0 Å². The second-order valence-corrected chi connectivity index (χ2v) is 5.33. The molecule has 0 spiro atoms. The number of nitrogen functional groups attached to an aromatic ring is 1. The fourth-order valence-electron chi connectivity index (χ4n) is 2.15. The molecule has 0 atom stereocenters. The van der Waals surface area contributed by atoms with Crippen LogP contribution in [0, 0.1) is 0 Å². The van der Waals surface area contributed by atoms with E-state index in [4.69, 9.17) is 28.9 Å². The molecule has 102 valence electrons. The van der Waals surface area contributed by atoms with E-state index in [2.05, 4.69) is 10.6 Å². The van der Waals surface area contributed by atoms with Crippen LogP contribution in [0.3, 0.4) is 0 Å². The fourth-order valence-corrected chi connectivity index (χ4v) is 2.50. The van der Waals surface area contributed by atoms with Crippen molar-refractivity contribution < 1.29 is 4.79 Å². The first-order valence-corrected chi connectivity index (χ1v) is 6.73. The van der Waals surface area contributed by atoms with Gasteiger partial charge in [0.05, 0.1) is 33.5 Å². The molecular formula is C14H11Cl2N3O. The van der Waals surface area contributed by atoms with Crippen molar-refractivity contribution in [1.29, 1.82) is 0 Å². The first kappa shape index (κ1) is 13.1. The van der Waals surface area contributed by atoms with Crippen LogP contribution in [0.2, 0.25) is 10.0 Å². The van der Waals surface area contributed by atoms with Crippen LogP contribution in [0.15, 0.2) is 30.3 Å². The summed E-state index contributed by atoms with van der Waals surface area (Å²) in [5.41, 5.74) is 9.55. The topological polar surface area (TPSA) is 67.2 Å². The third-order valence-electron chi connectivity index (χ3n) is 3.12. The third kappa shape index (κ3) is 2.28. The highest BCUT2D eigenvalue weighted by atomic mass is 35.5. The molecule has 1 amide bonds. The van der Waals surface area contributed by atoms with Gasteiger partial charge in [0.25, 0.3) is 0 Å². The van der Waals surface area contributed by atoms with Gasteiger partial charge in [0.2, 0.25) is 5.91 Å². The number of anilines is 4. The highest BCUT2D eigenvalue weighted by Crippen LogP contribution is 2.36. The van der Waals surface area contributed by atoms with E-state index in [-0.39, 0.29) is 5.91 Å². The number of nitrogens with two attached hydrogens (primary N) is 1. The lowest BCUT2D eigenvalue weighted by Gasteiger charge is -2.13. The zero-order chi connectivity index (χ0) is 14.3. The van der Waals surface area contributed by atoms with Gasteiger partial charge in [-0.25, -0.2) is 0 Å². The first-order chi connectivity index (χ1) is 9.54. The predicted molar refractivity (Wildman–Crippen MR) is 82.9 cm³/mol. The number of hydrogen-bond donors (Lipinski definition) is 3. The van der Waals surface area contributed by atoms with Crippen molar-refractivity contribution in [3.05, 3.63) is 45.9 Å². The van der Waals surface area contributed by atoms with Crippen molar-refractivity contribution in [2.24, 2.45) is 0 Å². The number of carbonyl (C=O) groups is 1. The lowest BCUT2D eigenvalue weighted by Crippen LogP contribution is -2.03. The summed E-state index contributed by atoms with van der Waals surface area (Å²) >= 11 is 12.1. The van der Waals surface area contributed by atoms with E-state index in [0.29, 0.717) is 33.5 Å². The minimum atomic E-state index is -0.0302. The molecular weight excluding hydrogens is 297 g/mol. The number of hydrogen-bond acceptors (Lipinski definition) is 3. The quantitative estimate of drug-likeness (QED) is 0.739. The summed E-state index contributed by atoms with van der Waals surface area (Å²) in [5, 5.41) is 6.81. The molecule has 1 aliphatic heterocycles. The number of amides is 1. The normalized spacial score (nSPS) is 13.0. The summed E-state index contributed by atoms with van der Waals surface area (Å²) < 4.78 is 0. The van der Waals surface area contributed by atoms with Gasteiger partial charge in [0.1, 0.15) is 0 Å². The second-order valence-electron chi connectivity index (χ2n) is 4.55. The third-order valence-corrected chi connectivity index (χ3v) is 3.94. The van der Waals surface area contributed by atoms with E-state index in [1.165, 1.54) is 0 Å². The van der Waals surface area contributed by atoms with Crippen molar-refractivity contribution in [1.82, 2.24) is 0 Å². The molecule has 0 aliphatic carbocycles. The Hall–Kier alpha value is -1.91. The van der Waals surface area contributed by atoms with Gasteiger partial charge in [-0.2, -0.15) is 0 Å². The molecule has 1 heterocycles. The monoisotopic (exact) mass is 307 g/mol. The van der Waals surface area contributed by atoms with Gasteiger partial charge in [-0.1, -0.05) is 29.3 Å². The van der Waals surface area contributed by atoms with Crippen molar-refractivity contribution in [3.8, 4) is 0 Å². The Labute approximate surface area is 125 Å². The molecule has 4 N–H and O–H groups in total. The molecule has 0 saturated heterocycles. The van der Waals surface area contributed by atoms with Crippen molar-refractivity contribution in [3.63, 3.8) is 0 Å². The van der Waals surface area contributed by atoms with E-state index in [0.717, 1.165) is 11.3 Å². The average molecular weight is 308 g/mol. The molecule has 0 bridgehead atoms. The molecule has 0 saturated carbocycles. The van der Waals surface area contributed by atoms with Gasteiger partial charge in [-0.3, -0.25) is 4.79 Å². The van der Waals surface area contributed by atoms with Gasteiger partial charge >= 0.3 is 0 Å². The minimum Gasteiger partial charge on any atom is -0.397 e. The Morgan fingerprint density at radius 1 is 1.20 bits per heavy atom. The van der Waals surface area contributed by atoms with Gasteiger partial charge in [-0.05, 0) is 29.8 Å². The molecule has 2 aromatic rings. The summed E-state index contributed by atoms with van der Waals surface area (Å²) in [5.74, 6) is -0.0302. The van der Waals surface area contributed by atoms with Crippen LogP contribution in [0.4, 0.5) is 22.7 Å². The minimum absolute atomic E-state index is 0.0302. The van der Waals surface area contributed by atoms with Crippen LogP contribution in [0.25, 0.3) is 0 Å². The van der Waals surface area contributed by atoms with E-state index in [1.54, 1.807) is 30.3 Å². The van der Waals surface area contributed by atoms with Gasteiger partial charge in [-0.15, -0.1) is 0 Å². The Morgan fingerprint density at radius 2 is 2.00 bits per heavy atom. The SMILES string of the molecule is Nc1cc2c(cc1Nc1cccc(Cl)c1Cl)NC(=O)C2. The molecule has 3 rings (SSSR count). The maximum atomic E-state index is 11.4. The summed E-state index contributed by atoms with van der Waals surface area (Å²) in [6.45, 7) is 0. The summed E-state index contributed by atoms with van der Waals surface area (Å²) in [7, 11) is 0. The standard InChI is InChI=1S/C14H11Cl2N3O/c15-8-2-1-3-10(14(8)16)18-12-6-11-7(4-9(12)17)5-13(20)19-11/h1-4,6,18H,5,17H2,(H,19,20). The largest absolute Gasteiger partial charge is 0.397 e. The Kier molecular flexibility index (Phi) is 3.20. The lowest BCUT2D eigenvalue weighted by molar-refractivity contribution is -0.115. The Bertz CT molecular complexity index is 716. The average Bonchev–Trinajstić information content (AvgIpc) is 2.74. The van der Waals surface area contributed by atoms with Crippen LogP contribution < -0.4 is 16.4 Å². The summed E-state index contributed by atoms with van der Waals surface area (Å²) in [4.78, 5) is 11.4. The van der Waals surface area contributed by atoms with Crippen LogP contribution in [0.5, 0.6) is 0 Å². The predicted octanol–water partition coefficient (Wildman–Crippen LogP) is 3.81. The highest BCUT2D eigenvalue weighted by molar-refractivity contribution is 6.43. The number of carbonyl (C=O) groups excluding carboxylic acids is 1. The van der Waals surface area contributed by atoms with Crippen LogP contribution in [-0.2, 0) is 11.2 Å². The van der Waals surface area contributed by atoms with E-state index >= 15 is 0 Å². The van der Waals surface area contributed by atoms with E-state index in [1.807, 2.05) is 0 Å². The zero-order valence-corrected chi connectivity index (χ0v) is 11.8. The Morgan fingerprint density at radius 3 is 2.80 bits per heavy atom. The smallest absolute Gasteiger partial charge is 0.228 e. The maximum absolute atomic E-state index is 11.4. The summed E-state index contributed by atoms with van der Waals surface area (Å²) in [6.07, 6.45) is 0.359. The van der Waals surface area contributed by atoms with Gasteiger partial charge < -0.3 is 16.4 Å². The maximum Gasteiger partial charge on any atom is 0.228 e. The van der Waals surface area contributed by atoms with Crippen LogP contribution in [0.1, 0.15) is 5.56 Å².